The van der Waals surface area contributed by atoms with Gasteiger partial charge in [-0.3, -0.25) is 4.79 Å². The van der Waals surface area contributed by atoms with Crippen molar-refractivity contribution >= 4 is 29.0 Å². The van der Waals surface area contributed by atoms with Gasteiger partial charge in [-0.1, -0.05) is 23.7 Å². The predicted molar refractivity (Wildman–Crippen MR) is 121 cm³/mol. The highest BCUT2D eigenvalue weighted by Gasteiger charge is 2.30. The number of carbonyl (C=O) groups excluding carboxylic acids is 1. The lowest BCUT2D eigenvalue weighted by Crippen LogP contribution is -2.47. The molecule has 1 amide bonds. The summed E-state index contributed by atoms with van der Waals surface area (Å²) in [6.07, 6.45) is 1.70. The summed E-state index contributed by atoms with van der Waals surface area (Å²) in [5.41, 5.74) is 3.66. The number of anilines is 1. The Labute approximate surface area is 186 Å². The van der Waals surface area contributed by atoms with Crippen LogP contribution in [0.2, 0.25) is 5.02 Å². The van der Waals surface area contributed by atoms with Gasteiger partial charge in [-0.25, -0.2) is 4.98 Å². The van der Waals surface area contributed by atoms with Crippen LogP contribution in [0.1, 0.15) is 18.5 Å². The maximum Gasteiger partial charge on any atom is 0.225 e. The number of morpholine rings is 1. The molecule has 4 heterocycles. The summed E-state index contributed by atoms with van der Waals surface area (Å²) in [4.78, 5) is 21.8. The first kappa shape index (κ1) is 20.3. The van der Waals surface area contributed by atoms with E-state index in [4.69, 9.17) is 21.4 Å². The zero-order chi connectivity index (χ0) is 21.4. The molecule has 2 aromatic heterocycles. The molecule has 0 atom stereocenters. The van der Waals surface area contributed by atoms with Crippen molar-refractivity contribution in [1.29, 1.82) is 0 Å². The van der Waals surface area contributed by atoms with Gasteiger partial charge in [-0.15, -0.1) is 0 Å². The Morgan fingerprint density at radius 3 is 2.48 bits per heavy atom. The van der Waals surface area contributed by atoms with Gasteiger partial charge < -0.3 is 14.5 Å². The van der Waals surface area contributed by atoms with Crippen LogP contribution < -0.4 is 4.90 Å². The van der Waals surface area contributed by atoms with Crippen LogP contribution in [0.5, 0.6) is 0 Å². The monoisotopic (exact) mass is 439 g/mol. The molecule has 0 aliphatic carbocycles. The van der Waals surface area contributed by atoms with Crippen molar-refractivity contribution < 1.29 is 9.53 Å². The van der Waals surface area contributed by atoms with E-state index in [1.165, 1.54) is 0 Å². The molecule has 31 heavy (non-hydrogen) atoms. The van der Waals surface area contributed by atoms with Gasteiger partial charge in [-0.05, 0) is 31.9 Å². The van der Waals surface area contributed by atoms with E-state index in [1.54, 1.807) is 0 Å². The second-order valence-electron chi connectivity index (χ2n) is 8.26. The van der Waals surface area contributed by atoms with Crippen LogP contribution in [0, 0.1) is 12.8 Å². The lowest BCUT2D eigenvalue weighted by atomic mass is 9.95. The molecule has 3 aromatic rings. The van der Waals surface area contributed by atoms with E-state index in [1.807, 2.05) is 46.7 Å². The van der Waals surface area contributed by atoms with Crippen molar-refractivity contribution in [2.75, 3.05) is 44.3 Å². The predicted octanol–water partition coefficient (Wildman–Crippen LogP) is 3.43. The molecule has 2 saturated heterocycles. The minimum absolute atomic E-state index is 0.0926. The van der Waals surface area contributed by atoms with Gasteiger partial charge in [0.1, 0.15) is 5.82 Å². The van der Waals surface area contributed by atoms with E-state index < -0.39 is 0 Å². The Kier molecular flexibility index (Phi) is 5.54. The summed E-state index contributed by atoms with van der Waals surface area (Å²) in [5, 5.41) is 5.54. The van der Waals surface area contributed by atoms with Gasteiger partial charge in [0.15, 0.2) is 5.65 Å². The SMILES string of the molecule is Cc1cc(N2CCC(C(=O)N3CCOCC3)CC2)n2nc(-c3ccc(Cl)cc3)cc2n1. The average Bonchev–Trinajstić information content (AvgIpc) is 3.23. The molecule has 5 rings (SSSR count). The van der Waals surface area contributed by atoms with Crippen LogP contribution >= 0.6 is 11.6 Å². The third kappa shape index (κ3) is 4.12. The lowest BCUT2D eigenvalue weighted by molar-refractivity contribution is -0.140. The molecule has 162 valence electrons. The topological polar surface area (TPSA) is 63.0 Å². The summed E-state index contributed by atoms with van der Waals surface area (Å²) >= 11 is 6.03. The molecule has 0 unspecified atom stereocenters. The number of piperidine rings is 1. The first-order chi connectivity index (χ1) is 15.1. The van der Waals surface area contributed by atoms with Crippen LogP contribution in [-0.2, 0) is 9.53 Å². The van der Waals surface area contributed by atoms with Crippen LogP contribution in [0.3, 0.4) is 0 Å². The maximum atomic E-state index is 12.9. The van der Waals surface area contributed by atoms with Crippen molar-refractivity contribution in [2.45, 2.75) is 19.8 Å². The number of halogens is 1. The Hall–Kier alpha value is -2.64. The first-order valence-electron chi connectivity index (χ1n) is 10.8. The summed E-state index contributed by atoms with van der Waals surface area (Å²) in [7, 11) is 0. The standard InChI is InChI=1S/C23H26ClN5O2/c1-16-14-22(27-8-6-18(7-9-27)23(30)28-10-12-31-13-11-28)29-21(25-16)15-20(26-29)17-2-4-19(24)5-3-17/h2-5,14-15,18H,6-13H2,1H3. The molecule has 2 aliphatic heterocycles. The number of hydrogen-bond donors (Lipinski definition) is 0. The number of fused-ring (bicyclic) bond motifs is 1. The molecule has 0 spiro atoms. The molecule has 7 nitrogen and oxygen atoms in total. The number of aryl methyl sites for hydroxylation is 1. The number of nitrogens with zero attached hydrogens (tertiary/aromatic N) is 5. The second kappa shape index (κ2) is 8.48. The van der Waals surface area contributed by atoms with Crippen LogP contribution in [0.25, 0.3) is 16.9 Å². The van der Waals surface area contributed by atoms with Gasteiger partial charge in [0, 0.05) is 60.5 Å². The number of amides is 1. The fourth-order valence-corrected chi connectivity index (χ4v) is 4.59. The highest BCUT2D eigenvalue weighted by molar-refractivity contribution is 6.30. The third-order valence-corrected chi connectivity index (χ3v) is 6.42. The number of benzene rings is 1. The minimum atomic E-state index is 0.0926. The third-order valence-electron chi connectivity index (χ3n) is 6.17. The quantitative estimate of drug-likeness (QED) is 0.625. The highest BCUT2D eigenvalue weighted by atomic mass is 35.5. The molecule has 0 N–H and O–H groups in total. The van der Waals surface area contributed by atoms with Crippen LogP contribution in [0.4, 0.5) is 5.82 Å². The number of rotatable bonds is 3. The number of carbonyl (C=O) groups is 1. The van der Waals surface area contributed by atoms with E-state index in [0.717, 1.165) is 54.3 Å². The van der Waals surface area contributed by atoms with Crippen molar-refractivity contribution in [3.63, 3.8) is 0 Å². The Morgan fingerprint density at radius 2 is 1.77 bits per heavy atom. The fraction of sp³-hybridized carbons (Fsp3) is 0.435. The molecule has 1 aromatic carbocycles. The number of aromatic nitrogens is 3. The molecule has 2 aliphatic rings. The fourth-order valence-electron chi connectivity index (χ4n) is 4.46. The number of hydrogen-bond acceptors (Lipinski definition) is 5. The Bertz CT molecular complexity index is 1080. The minimum Gasteiger partial charge on any atom is -0.378 e. The average molecular weight is 440 g/mol. The van der Waals surface area contributed by atoms with E-state index in [2.05, 4.69) is 16.0 Å². The largest absolute Gasteiger partial charge is 0.378 e. The van der Waals surface area contributed by atoms with E-state index in [0.29, 0.717) is 31.3 Å². The summed E-state index contributed by atoms with van der Waals surface area (Å²) < 4.78 is 7.30. The second-order valence-corrected chi connectivity index (χ2v) is 8.70. The van der Waals surface area contributed by atoms with E-state index >= 15 is 0 Å². The molecular weight excluding hydrogens is 414 g/mol. The molecule has 0 saturated carbocycles. The van der Waals surface area contributed by atoms with Crippen molar-refractivity contribution in [1.82, 2.24) is 19.5 Å². The molecule has 2 fully saturated rings. The van der Waals surface area contributed by atoms with Crippen molar-refractivity contribution in [3.8, 4) is 11.3 Å². The zero-order valence-corrected chi connectivity index (χ0v) is 18.4. The Balaban J connectivity index is 1.36. The van der Waals surface area contributed by atoms with Crippen LogP contribution in [-0.4, -0.2) is 64.8 Å². The molecule has 0 bridgehead atoms. The van der Waals surface area contributed by atoms with Crippen molar-refractivity contribution in [3.05, 3.63) is 47.1 Å². The normalized spacial score (nSPS) is 18.0. The van der Waals surface area contributed by atoms with Gasteiger partial charge in [-0.2, -0.15) is 9.61 Å². The summed E-state index contributed by atoms with van der Waals surface area (Å²) in [6, 6.07) is 11.8. The van der Waals surface area contributed by atoms with Gasteiger partial charge >= 0.3 is 0 Å². The van der Waals surface area contributed by atoms with Gasteiger partial charge in [0.05, 0.1) is 18.9 Å². The zero-order valence-electron chi connectivity index (χ0n) is 17.6. The highest BCUT2D eigenvalue weighted by Crippen LogP contribution is 2.28. The van der Waals surface area contributed by atoms with Gasteiger partial charge in [0.2, 0.25) is 5.91 Å². The molecule has 8 heteroatoms. The van der Waals surface area contributed by atoms with E-state index in [9.17, 15) is 4.79 Å². The maximum absolute atomic E-state index is 12.9. The first-order valence-corrected chi connectivity index (χ1v) is 11.2. The van der Waals surface area contributed by atoms with Crippen LogP contribution in [0.15, 0.2) is 36.4 Å². The number of ether oxygens (including phenoxy) is 1. The summed E-state index contributed by atoms with van der Waals surface area (Å²) in [6.45, 7) is 6.38. The van der Waals surface area contributed by atoms with Gasteiger partial charge in [0.25, 0.3) is 0 Å². The lowest BCUT2D eigenvalue weighted by Gasteiger charge is -2.36. The molecular formula is C23H26ClN5O2. The van der Waals surface area contributed by atoms with Crippen molar-refractivity contribution in [2.24, 2.45) is 5.92 Å². The summed E-state index contributed by atoms with van der Waals surface area (Å²) in [5.74, 6) is 1.40. The molecule has 0 radical (unpaired) electrons. The van der Waals surface area contributed by atoms with E-state index in [-0.39, 0.29) is 11.8 Å². The smallest absolute Gasteiger partial charge is 0.225 e. The Morgan fingerprint density at radius 1 is 1.06 bits per heavy atom.